The van der Waals surface area contributed by atoms with Gasteiger partial charge in [-0.3, -0.25) is 4.90 Å². The van der Waals surface area contributed by atoms with Crippen LogP contribution < -0.4 is 5.73 Å². The van der Waals surface area contributed by atoms with E-state index in [9.17, 15) is 0 Å². The third-order valence-electron chi connectivity index (χ3n) is 3.26. The van der Waals surface area contributed by atoms with E-state index >= 15 is 0 Å². The summed E-state index contributed by atoms with van der Waals surface area (Å²) in [5, 5.41) is 0. The summed E-state index contributed by atoms with van der Waals surface area (Å²) in [6, 6.07) is 0. The molecule has 13 heavy (non-hydrogen) atoms. The number of likely N-dealkylation sites (tertiary alicyclic amines) is 1. The molecule has 1 rings (SSSR count). The summed E-state index contributed by atoms with van der Waals surface area (Å²) in [6.07, 6.45) is 2.67. The van der Waals surface area contributed by atoms with E-state index in [4.69, 9.17) is 5.73 Å². The van der Waals surface area contributed by atoms with Crippen molar-refractivity contribution in [1.29, 1.82) is 0 Å². The molecule has 0 aromatic heterocycles. The maximum Gasteiger partial charge on any atom is 0.0275 e. The number of hydrogen-bond donors (Lipinski definition) is 1. The van der Waals surface area contributed by atoms with E-state index in [-0.39, 0.29) is 5.54 Å². The number of hydrogen-bond acceptors (Lipinski definition) is 2. The zero-order chi connectivity index (χ0) is 10.1. The molecule has 0 aromatic rings. The average molecular weight is 184 g/mol. The van der Waals surface area contributed by atoms with Crippen molar-refractivity contribution in [3.8, 4) is 0 Å². The van der Waals surface area contributed by atoms with Gasteiger partial charge < -0.3 is 5.73 Å². The third-order valence-corrected chi connectivity index (χ3v) is 3.26. The lowest BCUT2D eigenvalue weighted by Crippen LogP contribution is -2.54. The first kappa shape index (κ1) is 11.0. The first-order valence-corrected chi connectivity index (χ1v) is 5.32. The summed E-state index contributed by atoms with van der Waals surface area (Å²) in [7, 11) is 0. The van der Waals surface area contributed by atoms with E-state index in [1.165, 1.54) is 25.9 Å². The van der Waals surface area contributed by atoms with Gasteiger partial charge in [0.05, 0.1) is 0 Å². The first-order valence-electron chi connectivity index (χ1n) is 5.32. The molecule has 0 spiro atoms. The van der Waals surface area contributed by atoms with Crippen LogP contribution in [0, 0.1) is 5.41 Å². The monoisotopic (exact) mass is 184 g/mol. The van der Waals surface area contributed by atoms with Crippen molar-refractivity contribution < 1.29 is 0 Å². The maximum absolute atomic E-state index is 5.78. The van der Waals surface area contributed by atoms with Gasteiger partial charge >= 0.3 is 0 Å². The van der Waals surface area contributed by atoms with E-state index < -0.39 is 0 Å². The zero-order valence-electron chi connectivity index (χ0n) is 9.56. The van der Waals surface area contributed by atoms with Crippen molar-refractivity contribution in [3.63, 3.8) is 0 Å². The largest absolute Gasteiger partial charge is 0.329 e. The molecule has 0 aromatic carbocycles. The fraction of sp³-hybridized carbons (Fsp3) is 1.00. The first-order chi connectivity index (χ1) is 5.87. The van der Waals surface area contributed by atoms with Crippen molar-refractivity contribution in [2.75, 3.05) is 19.6 Å². The molecule has 1 aliphatic heterocycles. The molecule has 0 bridgehead atoms. The molecule has 1 fully saturated rings. The molecule has 2 N–H and O–H groups in total. The summed E-state index contributed by atoms with van der Waals surface area (Å²) in [4.78, 5) is 2.54. The van der Waals surface area contributed by atoms with E-state index in [0.29, 0.717) is 5.41 Å². The normalized spacial score (nSPS) is 24.7. The van der Waals surface area contributed by atoms with Gasteiger partial charge in [-0.1, -0.05) is 13.8 Å². The average Bonchev–Trinajstić information content (AvgIpc) is 2.03. The van der Waals surface area contributed by atoms with Gasteiger partial charge in [-0.2, -0.15) is 0 Å². The minimum absolute atomic E-state index is 0.178. The minimum atomic E-state index is 0.178. The molecule has 0 atom stereocenters. The molecule has 78 valence electrons. The highest BCUT2D eigenvalue weighted by Crippen LogP contribution is 2.31. The molecule has 1 saturated heterocycles. The van der Waals surface area contributed by atoms with E-state index in [2.05, 4.69) is 32.6 Å². The Labute approximate surface area is 82.5 Å². The van der Waals surface area contributed by atoms with Gasteiger partial charge in [0.2, 0.25) is 0 Å². The van der Waals surface area contributed by atoms with Crippen LogP contribution in [0.1, 0.15) is 40.5 Å². The second-order valence-electron chi connectivity index (χ2n) is 5.71. The van der Waals surface area contributed by atoms with Crippen LogP contribution in [0.3, 0.4) is 0 Å². The Balaban J connectivity index is 2.61. The molecule has 1 heterocycles. The highest BCUT2D eigenvalue weighted by Gasteiger charge is 2.33. The van der Waals surface area contributed by atoms with E-state index in [1.807, 2.05) is 0 Å². The van der Waals surface area contributed by atoms with Crippen LogP contribution in [-0.4, -0.2) is 30.1 Å². The molecule has 0 amide bonds. The van der Waals surface area contributed by atoms with Crippen LogP contribution in [0.5, 0.6) is 0 Å². The third kappa shape index (κ3) is 2.68. The van der Waals surface area contributed by atoms with Crippen molar-refractivity contribution in [2.45, 2.75) is 46.1 Å². The smallest absolute Gasteiger partial charge is 0.0275 e. The molecule has 1 aliphatic rings. The van der Waals surface area contributed by atoms with Gasteiger partial charge in [-0.25, -0.2) is 0 Å². The fourth-order valence-electron chi connectivity index (χ4n) is 2.07. The second kappa shape index (κ2) is 3.58. The molecular formula is C11H24N2. The summed E-state index contributed by atoms with van der Waals surface area (Å²) in [5.74, 6) is 0. The highest BCUT2D eigenvalue weighted by atomic mass is 15.2. The van der Waals surface area contributed by atoms with Crippen molar-refractivity contribution >= 4 is 0 Å². The lowest BCUT2D eigenvalue weighted by atomic mass is 9.82. The van der Waals surface area contributed by atoms with Crippen molar-refractivity contribution in [3.05, 3.63) is 0 Å². The van der Waals surface area contributed by atoms with Gasteiger partial charge in [0.25, 0.3) is 0 Å². The van der Waals surface area contributed by atoms with Crippen LogP contribution in [0.25, 0.3) is 0 Å². The standard InChI is InChI=1S/C11H24N2/c1-10(2)6-5-7-13(9-10)11(3,4)8-12/h5-9,12H2,1-4H3. The Morgan fingerprint density at radius 3 is 2.46 bits per heavy atom. The SMILES string of the molecule is CC1(C)CCCN(C(C)(C)CN)C1. The lowest BCUT2D eigenvalue weighted by Gasteiger charge is -2.46. The van der Waals surface area contributed by atoms with Crippen LogP contribution in [0.15, 0.2) is 0 Å². The predicted octanol–water partition coefficient (Wildman–Crippen LogP) is 1.85. The molecule has 2 heteroatoms. The topological polar surface area (TPSA) is 29.3 Å². The Bertz CT molecular complexity index is 173. The number of nitrogens with zero attached hydrogens (tertiary/aromatic N) is 1. The van der Waals surface area contributed by atoms with Gasteiger partial charge in [0, 0.05) is 18.6 Å². The summed E-state index contributed by atoms with van der Waals surface area (Å²) < 4.78 is 0. The van der Waals surface area contributed by atoms with Gasteiger partial charge in [-0.15, -0.1) is 0 Å². The van der Waals surface area contributed by atoms with Gasteiger partial charge in [0.15, 0.2) is 0 Å². The Kier molecular flexibility index (Phi) is 3.03. The van der Waals surface area contributed by atoms with Crippen molar-refractivity contribution in [1.82, 2.24) is 4.90 Å². The minimum Gasteiger partial charge on any atom is -0.329 e. The maximum atomic E-state index is 5.78. The van der Waals surface area contributed by atoms with Crippen LogP contribution in [-0.2, 0) is 0 Å². The van der Waals surface area contributed by atoms with E-state index in [1.54, 1.807) is 0 Å². The van der Waals surface area contributed by atoms with Crippen LogP contribution in [0.2, 0.25) is 0 Å². The molecule has 2 nitrogen and oxygen atoms in total. The highest BCUT2D eigenvalue weighted by molar-refractivity contribution is 4.89. The quantitative estimate of drug-likeness (QED) is 0.709. The Morgan fingerprint density at radius 1 is 1.38 bits per heavy atom. The van der Waals surface area contributed by atoms with Crippen LogP contribution in [0.4, 0.5) is 0 Å². The molecule has 0 radical (unpaired) electrons. The van der Waals surface area contributed by atoms with Crippen molar-refractivity contribution in [2.24, 2.45) is 11.1 Å². The predicted molar refractivity (Wildman–Crippen MR) is 57.7 cm³/mol. The Morgan fingerprint density at radius 2 is 2.00 bits per heavy atom. The number of piperidine rings is 1. The molecule has 0 saturated carbocycles. The van der Waals surface area contributed by atoms with E-state index in [0.717, 1.165) is 6.54 Å². The lowest BCUT2D eigenvalue weighted by molar-refractivity contribution is 0.0384. The summed E-state index contributed by atoms with van der Waals surface area (Å²) in [5.41, 5.74) is 6.44. The number of nitrogens with two attached hydrogens (primary N) is 1. The zero-order valence-corrected chi connectivity index (χ0v) is 9.56. The summed E-state index contributed by atoms with van der Waals surface area (Å²) >= 11 is 0. The number of rotatable bonds is 2. The van der Waals surface area contributed by atoms with Gasteiger partial charge in [0.1, 0.15) is 0 Å². The molecule has 0 unspecified atom stereocenters. The van der Waals surface area contributed by atoms with Crippen LogP contribution >= 0.6 is 0 Å². The fourth-order valence-corrected chi connectivity index (χ4v) is 2.07. The van der Waals surface area contributed by atoms with Gasteiger partial charge in [-0.05, 0) is 38.6 Å². The molecule has 0 aliphatic carbocycles. The Hall–Kier alpha value is -0.0800. The molecular weight excluding hydrogens is 160 g/mol. The second-order valence-corrected chi connectivity index (χ2v) is 5.71. The summed E-state index contributed by atoms with van der Waals surface area (Å²) in [6.45, 7) is 12.4.